The fourth-order valence-corrected chi connectivity index (χ4v) is 4.19. The Kier molecular flexibility index (Phi) is 7.01. The molecule has 1 aromatic carbocycles. The minimum atomic E-state index is -3.78. The molecular weight excluding hydrogens is 374 g/mol. The second-order valence-corrected chi connectivity index (χ2v) is 8.56. The molecule has 0 bridgehead atoms. The minimum absolute atomic E-state index is 0.0687. The summed E-state index contributed by atoms with van der Waals surface area (Å²) >= 11 is 5.82. The third kappa shape index (κ3) is 5.77. The Labute approximate surface area is 152 Å². The van der Waals surface area contributed by atoms with E-state index < -0.39 is 16.6 Å². The monoisotopic (exact) mass is 396 g/mol. The minimum Gasteiger partial charge on any atom is -0.433 e. The highest BCUT2D eigenvalue weighted by atomic mass is 35.5. The number of sulfonamides is 1. The van der Waals surface area contributed by atoms with Crippen LogP contribution in [-0.2, 0) is 10.0 Å². The number of alkyl halides is 2. The van der Waals surface area contributed by atoms with Crippen molar-refractivity contribution in [3.05, 3.63) is 23.2 Å². The fraction of sp³-hybridized carbons (Fsp3) is 0.625. The Bertz CT molecular complexity index is 680. The number of piperidine rings is 1. The number of benzene rings is 1. The lowest BCUT2D eigenvalue weighted by molar-refractivity contribution is -0.0498. The van der Waals surface area contributed by atoms with E-state index in [4.69, 9.17) is 11.6 Å². The molecule has 1 heterocycles. The van der Waals surface area contributed by atoms with Crippen molar-refractivity contribution in [1.82, 2.24) is 9.62 Å². The van der Waals surface area contributed by atoms with Gasteiger partial charge in [-0.2, -0.15) is 8.78 Å². The molecule has 0 amide bonds. The van der Waals surface area contributed by atoms with E-state index in [2.05, 4.69) is 21.3 Å². The highest BCUT2D eigenvalue weighted by molar-refractivity contribution is 7.89. The first-order valence-corrected chi connectivity index (χ1v) is 10.0. The Balaban J connectivity index is 1.98. The van der Waals surface area contributed by atoms with Crippen LogP contribution in [0.4, 0.5) is 8.78 Å². The van der Waals surface area contributed by atoms with Crippen LogP contribution in [0.25, 0.3) is 0 Å². The molecule has 25 heavy (non-hydrogen) atoms. The first kappa shape index (κ1) is 20.4. The summed E-state index contributed by atoms with van der Waals surface area (Å²) in [6, 6.07) is 3.49. The molecule has 9 heteroatoms. The molecule has 1 aromatic rings. The van der Waals surface area contributed by atoms with Crippen LogP contribution < -0.4 is 9.46 Å². The van der Waals surface area contributed by atoms with E-state index >= 15 is 0 Å². The van der Waals surface area contributed by atoms with Crippen LogP contribution in [0.2, 0.25) is 5.02 Å². The third-order valence-electron chi connectivity index (χ3n) is 4.44. The summed E-state index contributed by atoms with van der Waals surface area (Å²) in [5.41, 5.74) is 0. The summed E-state index contributed by atoms with van der Waals surface area (Å²) in [6.07, 6.45) is 2.22. The number of ether oxygens (including phenoxy) is 1. The summed E-state index contributed by atoms with van der Waals surface area (Å²) < 4.78 is 56.0. The molecule has 0 saturated carbocycles. The molecular formula is C16H23ClF2N2O3S. The van der Waals surface area contributed by atoms with Gasteiger partial charge in [0.05, 0.1) is 9.92 Å². The molecule has 0 spiro atoms. The van der Waals surface area contributed by atoms with Crippen LogP contribution in [0.5, 0.6) is 5.75 Å². The Morgan fingerprint density at radius 2 is 2.00 bits per heavy atom. The maximum atomic E-state index is 12.4. The average molecular weight is 397 g/mol. The van der Waals surface area contributed by atoms with Crippen molar-refractivity contribution >= 4 is 21.6 Å². The zero-order valence-electron chi connectivity index (χ0n) is 14.2. The van der Waals surface area contributed by atoms with Gasteiger partial charge in [-0.1, -0.05) is 18.5 Å². The van der Waals surface area contributed by atoms with Gasteiger partial charge in [-0.25, -0.2) is 13.1 Å². The number of hydrogen-bond acceptors (Lipinski definition) is 4. The van der Waals surface area contributed by atoms with Crippen molar-refractivity contribution in [2.75, 3.05) is 19.6 Å². The van der Waals surface area contributed by atoms with E-state index in [9.17, 15) is 17.2 Å². The molecule has 0 radical (unpaired) electrons. The van der Waals surface area contributed by atoms with Crippen LogP contribution >= 0.6 is 11.6 Å². The molecule has 1 fully saturated rings. The molecule has 0 aliphatic carbocycles. The third-order valence-corrected chi connectivity index (χ3v) is 6.16. The van der Waals surface area contributed by atoms with Gasteiger partial charge >= 0.3 is 6.61 Å². The smallest absolute Gasteiger partial charge is 0.387 e. The van der Waals surface area contributed by atoms with Crippen molar-refractivity contribution in [2.45, 2.75) is 44.2 Å². The molecule has 5 nitrogen and oxygen atoms in total. The quantitative estimate of drug-likeness (QED) is 0.768. The largest absolute Gasteiger partial charge is 0.433 e. The molecule has 142 valence electrons. The van der Waals surface area contributed by atoms with Gasteiger partial charge in [-0.3, -0.25) is 4.90 Å². The summed E-state index contributed by atoms with van der Waals surface area (Å²) in [5.74, 6) is 0.447. The maximum absolute atomic E-state index is 12.4. The van der Waals surface area contributed by atoms with Crippen molar-refractivity contribution in [3.63, 3.8) is 0 Å². The number of halogens is 3. The normalized spacial score (nSPS) is 18.5. The molecule has 1 unspecified atom stereocenters. The average Bonchev–Trinajstić information content (AvgIpc) is 2.55. The van der Waals surface area contributed by atoms with Crippen LogP contribution in [-0.4, -0.2) is 45.6 Å². The van der Waals surface area contributed by atoms with Gasteiger partial charge < -0.3 is 4.74 Å². The lowest BCUT2D eigenvalue weighted by atomic mass is 9.98. The number of rotatable bonds is 7. The van der Waals surface area contributed by atoms with Crippen LogP contribution in [0.3, 0.4) is 0 Å². The van der Waals surface area contributed by atoms with Crippen molar-refractivity contribution in [3.8, 4) is 5.75 Å². The molecule has 1 aliphatic rings. The van der Waals surface area contributed by atoms with Gasteiger partial charge in [0.2, 0.25) is 10.0 Å². The molecule has 1 saturated heterocycles. The van der Waals surface area contributed by atoms with E-state index in [0.717, 1.165) is 38.1 Å². The molecule has 1 aliphatic heterocycles. The van der Waals surface area contributed by atoms with Crippen molar-refractivity contribution < 1.29 is 21.9 Å². The van der Waals surface area contributed by atoms with E-state index in [1.54, 1.807) is 0 Å². The highest BCUT2D eigenvalue weighted by Gasteiger charge is 2.23. The summed E-state index contributed by atoms with van der Waals surface area (Å²) in [4.78, 5) is 2.17. The van der Waals surface area contributed by atoms with Crippen LogP contribution in [0.1, 0.15) is 26.7 Å². The van der Waals surface area contributed by atoms with Gasteiger partial charge in [-0.15, -0.1) is 0 Å². The number of nitrogens with one attached hydrogen (secondary N) is 1. The zero-order valence-corrected chi connectivity index (χ0v) is 15.8. The summed E-state index contributed by atoms with van der Waals surface area (Å²) in [7, 11) is -3.78. The van der Waals surface area contributed by atoms with E-state index in [-0.39, 0.29) is 28.3 Å². The molecule has 1 atom stereocenters. The van der Waals surface area contributed by atoms with E-state index in [0.29, 0.717) is 5.92 Å². The first-order chi connectivity index (χ1) is 11.7. The summed E-state index contributed by atoms with van der Waals surface area (Å²) in [5, 5.41) is -0.179. The van der Waals surface area contributed by atoms with Gasteiger partial charge in [0.15, 0.2) is 0 Å². The topological polar surface area (TPSA) is 58.6 Å². The second kappa shape index (κ2) is 8.62. The van der Waals surface area contributed by atoms with Crippen LogP contribution in [0, 0.1) is 5.92 Å². The Morgan fingerprint density at radius 1 is 1.36 bits per heavy atom. The predicted molar refractivity (Wildman–Crippen MR) is 92.7 cm³/mol. The van der Waals surface area contributed by atoms with Gasteiger partial charge in [0.1, 0.15) is 5.75 Å². The van der Waals surface area contributed by atoms with Gasteiger partial charge in [0, 0.05) is 12.6 Å². The molecule has 1 N–H and O–H groups in total. The SMILES string of the molecule is CC1CCN(C(C)CNS(=O)(=O)c2ccc(OC(F)F)c(Cl)c2)CC1. The van der Waals surface area contributed by atoms with Crippen molar-refractivity contribution in [2.24, 2.45) is 5.92 Å². The van der Waals surface area contributed by atoms with Crippen LogP contribution in [0.15, 0.2) is 23.1 Å². The highest BCUT2D eigenvalue weighted by Crippen LogP contribution is 2.28. The lowest BCUT2D eigenvalue weighted by Crippen LogP contribution is -2.45. The molecule has 0 aromatic heterocycles. The van der Waals surface area contributed by atoms with Gasteiger partial charge in [0.25, 0.3) is 0 Å². The first-order valence-electron chi connectivity index (χ1n) is 8.17. The number of nitrogens with zero attached hydrogens (tertiary/aromatic N) is 1. The summed E-state index contributed by atoms with van der Waals surface area (Å²) in [6.45, 7) is 3.35. The van der Waals surface area contributed by atoms with Crippen molar-refractivity contribution in [1.29, 1.82) is 0 Å². The molecule has 2 rings (SSSR count). The van der Waals surface area contributed by atoms with Gasteiger partial charge in [-0.05, 0) is 57.0 Å². The standard InChI is InChI=1S/C16H23ClF2N2O3S/c1-11-5-7-21(8-6-11)12(2)10-20-25(22,23)13-3-4-15(14(17)9-13)24-16(18)19/h3-4,9,11-12,16,20H,5-8,10H2,1-2H3. The lowest BCUT2D eigenvalue weighted by Gasteiger charge is -2.34. The maximum Gasteiger partial charge on any atom is 0.387 e. The Hall–Kier alpha value is -0.960. The number of likely N-dealkylation sites (tertiary alicyclic amines) is 1. The second-order valence-electron chi connectivity index (χ2n) is 6.39. The zero-order chi connectivity index (χ0) is 18.6. The van der Waals surface area contributed by atoms with E-state index in [1.807, 2.05) is 6.92 Å². The Morgan fingerprint density at radius 3 is 2.56 bits per heavy atom. The fourth-order valence-electron chi connectivity index (χ4n) is 2.75. The number of hydrogen-bond donors (Lipinski definition) is 1. The predicted octanol–water partition coefficient (Wildman–Crippen LogP) is 3.34. The van der Waals surface area contributed by atoms with E-state index in [1.165, 1.54) is 6.07 Å².